The third-order valence-corrected chi connectivity index (χ3v) is 1.64. The Morgan fingerprint density at radius 3 is 2.77 bits per heavy atom. The van der Waals surface area contributed by atoms with E-state index >= 15 is 0 Å². The van der Waals surface area contributed by atoms with Gasteiger partial charge in [0.1, 0.15) is 0 Å². The standard InChI is InChI=1S/C10H14N2O/c1-3-13-10(11)12-9-7-5-4-6-8(9)2/h4-7H,3H2,1-2H3,(H2,11,12). The summed E-state index contributed by atoms with van der Waals surface area (Å²) in [6, 6.07) is 7.99. The number of hydrogen-bond acceptors (Lipinski definition) is 2. The van der Waals surface area contributed by atoms with Crippen LogP contribution in [0.15, 0.2) is 29.3 Å². The van der Waals surface area contributed by atoms with Crippen molar-refractivity contribution in [1.29, 1.82) is 0 Å². The van der Waals surface area contributed by atoms with Gasteiger partial charge in [-0.2, -0.15) is 4.99 Å². The molecule has 2 N–H and O–H groups in total. The third kappa shape index (κ3) is 2.78. The Morgan fingerprint density at radius 1 is 1.46 bits per heavy atom. The van der Waals surface area contributed by atoms with Crippen LogP contribution in [0.25, 0.3) is 0 Å². The number of ether oxygens (including phenoxy) is 1. The minimum absolute atomic E-state index is 0.219. The van der Waals surface area contributed by atoms with Gasteiger partial charge in [0.2, 0.25) is 0 Å². The van der Waals surface area contributed by atoms with E-state index < -0.39 is 0 Å². The van der Waals surface area contributed by atoms with Crippen LogP contribution in [0, 0.1) is 6.92 Å². The molecule has 0 aliphatic carbocycles. The molecule has 0 spiro atoms. The van der Waals surface area contributed by atoms with Crippen LogP contribution in [0.1, 0.15) is 12.5 Å². The topological polar surface area (TPSA) is 47.6 Å². The highest BCUT2D eigenvalue weighted by Crippen LogP contribution is 2.16. The molecule has 0 fully saturated rings. The van der Waals surface area contributed by atoms with Gasteiger partial charge in [-0.25, -0.2) is 0 Å². The third-order valence-electron chi connectivity index (χ3n) is 1.64. The van der Waals surface area contributed by atoms with Crippen LogP contribution in [0.2, 0.25) is 0 Å². The van der Waals surface area contributed by atoms with Gasteiger partial charge in [-0.1, -0.05) is 18.2 Å². The molecule has 0 aromatic heterocycles. The van der Waals surface area contributed by atoms with E-state index in [1.807, 2.05) is 38.1 Å². The Labute approximate surface area is 78.2 Å². The van der Waals surface area contributed by atoms with Crippen molar-refractivity contribution in [2.24, 2.45) is 10.7 Å². The second-order valence-corrected chi connectivity index (χ2v) is 2.67. The Morgan fingerprint density at radius 2 is 2.15 bits per heavy atom. The smallest absolute Gasteiger partial charge is 0.287 e. The second kappa shape index (κ2) is 4.50. The SMILES string of the molecule is CCOC(N)=Nc1ccccc1C. The Kier molecular flexibility index (Phi) is 3.31. The van der Waals surface area contributed by atoms with Crippen LogP contribution in [0.3, 0.4) is 0 Å². The molecule has 1 rings (SSSR count). The van der Waals surface area contributed by atoms with E-state index in [1.165, 1.54) is 0 Å². The van der Waals surface area contributed by atoms with Gasteiger partial charge in [-0.15, -0.1) is 0 Å². The predicted molar refractivity (Wildman–Crippen MR) is 54.1 cm³/mol. The molecule has 0 aliphatic heterocycles. The molecule has 0 bridgehead atoms. The maximum Gasteiger partial charge on any atom is 0.287 e. The summed E-state index contributed by atoms with van der Waals surface area (Å²) in [5.41, 5.74) is 7.46. The maximum absolute atomic E-state index is 5.51. The summed E-state index contributed by atoms with van der Waals surface area (Å²) in [5, 5.41) is 0. The fraction of sp³-hybridized carbons (Fsp3) is 0.300. The molecule has 1 aromatic rings. The highest BCUT2D eigenvalue weighted by Gasteiger charge is 1.95. The van der Waals surface area contributed by atoms with E-state index in [9.17, 15) is 0 Å². The van der Waals surface area contributed by atoms with Gasteiger partial charge >= 0.3 is 0 Å². The van der Waals surface area contributed by atoms with Crippen LogP contribution in [0.4, 0.5) is 5.69 Å². The fourth-order valence-electron chi connectivity index (χ4n) is 0.988. The number of para-hydroxylation sites is 1. The Bertz CT molecular complexity index is 308. The maximum atomic E-state index is 5.51. The van der Waals surface area contributed by atoms with Crippen molar-refractivity contribution in [1.82, 2.24) is 0 Å². The predicted octanol–water partition coefficient (Wildman–Crippen LogP) is 1.98. The van der Waals surface area contributed by atoms with Gasteiger partial charge in [0.15, 0.2) is 0 Å². The molecule has 0 unspecified atom stereocenters. The first kappa shape index (κ1) is 9.58. The molecule has 0 atom stereocenters. The number of benzene rings is 1. The minimum atomic E-state index is 0.219. The van der Waals surface area contributed by atoms with E-state index in [0.717, 1.165) is 11.3 Å². The number of amidine groups is 1. The van der Waals surface area contributed by atoms with Crippen molar-refractivity contribution < 1.29 is 4.74 Å². The van der Waals surface area contributed by atoms with E-state index in [1.54, 1.807) is 0 Å². The second-order valence-electron chi connectivity index (χ2n) is 2.67. The average Bonchev–Trinajstić information content (AvgIpc) is 2.09. The van der Waals surface area contributed by atoms with Crippen LogP contribution < -0.4 is 5.73 Å². The molecule has 3 heteroatoms. The first-order chi connectivity index (χ1) is 6.24. The first-order valence-electron chi connectivity index (χ1n) is 4.26. The molecule has 0 amide bonds. The van der Waals surface area contributed by atoms with E-state index in [4.69, 9.17) is 10.5 Å². The first-order valence-corrected chi connectivity index (χ1v) is 4.26. The molecular weight excluding hydrogens is 164 g/mol. The summed E-state index contributed by atoms with van der Waals surface area (Å²) in [5.74, 6) is 0. The number of nitrogens with zero attached hydrogens (tertiary/aromatic N) is 1. The van der Waals surface area contributed by atoms with E-state index in [2.05, 4.69) is 4.99 Å². The Balaban J connectivity index is 2.84. The zero-order valence-electron chi connectivity index (χ0n) is 7.95. The highest BCUT2D eigenvalue weighted by atomic mass is 16.5. The summed E-state index contributed by atoms with van der Waals surface area (Å²) in [6.45, 7) is 4.40. The van der Waals surface area contributed by atoms with Gasteiger partial charge in [0.05, 0.1) is 12.3 Å². The number of nitrogens with two attached hydrogens (primary N) is 1. The molecule has 0 saturated heterocycles. The summed E-state index contributed by atoms with van der Waals surface area (Å²) >= 11 is 0. The lowest BCUT2D eigenvalue weighted by atomic mass is 10.2. The molecule has 13 heavy (non-hydrogen) atoms. The van der Waals surface area contributed by atoms with Crippen LogP contribution in [0.5, 0.6) is 0 Å². The number of aryl methyl sites for hydroxylation is 1. The van der Waals surface area contributed by atoms with Crippen molar-refractivity contribution in [3.63, 3.8) is 0 Å². The van der Waals surface area contributed by atoms with Crippen LogP contribution in [-0.2, 0) is 4.74 Å². The van der Waals surface area contributed by atoms with Crippen molar-refractivity contribution in [3.8, 4) is 0 Å². The van der Waals surface area contributed by atoms with Gasteiger partial charge in [-0.3, -0.25) is 0 Å². The quantitative estimate of drug-likeness (QED) is 0.556. The molecule has 0 saturated carbocycles. The lowest BCUT2D eigenvalue weighted by Crippen LogP contribution is -2.15. The zero-order valence-corrected chi connectivity index (χ0v) is 7.95. The lowest BCUT2D eigenvalue weighted by molar-refractivity contribution is 0.322. The van der Waals surface area contributed by atoms with E-state index in [-0.39, 0.29) is 6.02 Å². The molecular formula is C10H14N2O. The number of rotatable bonds is 2. The number of hydrogen-bond donors (Lipinski definition) is 1. The summed E-state index contributed by atoms with van der Waals surface area (Å²) < 4.78 is 5.03. The average molecular weight is 178 g/mol. The molecule has 0 heterocycles. The summed E-state index contributed by atoms with van der Waals surface area (Å²) in [6.07, 6.45) is 0. The largest absolute Gasteiger partial charge is 0.465 e. The molecule has 70 valence electrons. The van der Waals surface area contributed by atoms with E-state index in [0.29, 0.717) is 6.61 Å². The normalized spacial score (nSPS) is 11.4. The summed E-state index contributed by atoms with van der Waals surface area (Å²) in [4.78, 5) is 4.12. The van der Waals surface area contributed by atoms with Crippen molar-refractivity contribution >= 4 is 11.7 Å². The van der Waals surface area contributed by atoms with Crippen LogP contribution in [-0.4, -0.2) is 12.6 Å². The fourth-order valence-corrected chi connectivity index (χ4v) is 0.988. The van der Waals surface area contributed by atoms with Gasteiger partial charge < -0.3 is 10.5 Å². The Hall–Kier alpha value is -1.51. The molecule has 0 radical (unpaired) electrons. The van der Waals surface area contributed by atoms with Crippen molar-refractivity contribution in [2.75, 3.05) is 6.61 Å². The van der Waals surface area contributed by atoms with Crippen molar-refractivity contribution in [2.45, 2.75) is 13.8 Å². The van der Waals surface area contributed by atoms with Crippen LogP contribution >= 0.6 is 0 Å². The molecule has 1 aromatic carbocycles. The number of aliphatic imine (C=N–C) groups is 1. The van der Waals surface area contributed by atoms with Gasteiger partial charge in [0, 0.05) is 0 Å². The monoisotopic (exact) mass is 178 g/mol. The van der Waals surface area contributed by atoms with Gasteiger partial charge in [-0.05, 0) is 25.5 Å². The highest BCUT2D eigenvalue weighted by molar-refractivity contribution is 5.75. The summed E-state index contributed by atoms with van der Waals surface area (Å²) in [7, 11) is 0. The lowest BCUT2D eigenvalue weighted by Gasteiger charge is -2.02. The van der Waals surface area contributed by atoms with Gasteiger partial charge in [0.25, 0.3) is 6.02 Å². The van der Waals surface area contributed by atoms with Crippen molar-refractivity contribution in [3.05, 3.63) is 29.8 Å². The molecule has 3 nitrogen and oxygen atoms in total. The zero-order chi connectivity index (χ0) is 9.68. The molecule has 0 aliphatic rings. The minimum Gasteiger partial charge on any atom is -0.465 e.